The SMILES string of the molecule is CCCCCCOc1ccc(C(=O)c2c(C)c(CC(=O)O)cc3c2OCC3)cc1. The van der Waals surface area contributed by atoms with E-state index in [1.54, 1.807) is 19.1 Å². The van der Waals surface area contributed by atoms with E-state index in [0.717, 1.165) is 24.2 Å². The van der Waals surface area contributed by atoms with E-state index in [1.165, 1.54) is 12.8 Å². The van der Waals surface area contributed by atoms with Crippen LogP contribution in [-0.2, 0) is 17.6 Å². The molecule has 1 aliphatic rings. The largest absolute Gasteiger partial charge is 0.494 e. The Morgan fingerprint density at radius 3 is 2.59 bits per heavy atom. The van der Waals surface area contributed by atoms with Gasteiger partial charge in [0.25, 0.3) is 0 Å². The van der Waals surface area contributed by atoms with Gasteiger partial charge in [0.1, 0.15) is 11.5 Å². The second kappa shape index (κ2) is 9.59. The van der Waals surface area contributed by atoms with Crippen molar-refractivity contribution in [2.45, 2.75) is 52.4 Å². The number of ketones is 1. The van der Waals surface area contributed by atoms with E-state index in [9.17, 15) is 14.7 Å². The lowest BCUT2D eigenvalue weighted by atomic mass is 9.90. The van der Waals surface area contributed by atoms with Gasteiger partial charge in [-0.1, -0.05) is 32.3 Å². The Kier molecular flexibility index (Phi) is 6.91. The Hall–Kier alpha value is -2.82. The molecule has 1 N–H and O–H groups in total. The van der Waals surface area contributed by atoms with Crippen LogP contribution in [0.25, 0.3) is 0 Å². The zero-order valence-electron chi connectivity index (χ0n) is 17.1. The van der Waals surface area contributed by atoms with Crippen LogP contribution in [-0.4, -0.2) is 30.1 Å². The van der Waals surface area contributed by atoms with Gasteiger partial charge >= 0.3 is 5.97 Å². The predicted molar refractivity (Wildman–Crippen MR) is 111 cm³/mol. The van der Waals surface area contributed by atoms with E-state index in [2.05, 4.69) is 6.92 Å². The van der Waals surface area contributed by atoms with Gasteiger partial charge in [-0.2, -0.15) is 0 Å². The quantitative estimate of drug-likeness (QED) is 0.464. The second-order valence-electron chi connectivity index (χ2n) is 7.46. The average Bonchev–Trinajstić information content (AvgIpc) is 3.16. The molecule has 0 unspecified atom stereocenters. The molecule has 0 aliphatic carbocycles. The van der Waals surface area contributed by atoms with E-state index in [-0.39, 0.29) is 12.2 Å². The summed E-state index contributed by atoms with van der Waals surface area (Å²) in [5.41, 5.74) is 3.26. The maximum atomic E-state index is 13.2. The molecule has 0 atom stereocenters. The number of hydrogen-bond acceptors (Lipinski definition) is 4. The Bertz CT molecular complexity index is 883. The number of aliphatic carboxylic acids is 1. The van der Waals surface area contributed by atoms with E-state index in [4.69, 9.17) is 9.47 Å². The molecular formula is C24H28O5. The van der Waals surface area contributed by atoms with Gasteiger partial charge in [0.05, 0.1) is 25.2 Å². The van der Waals surface area contributed by atoms with Gasteiger partial charge in [-0.3, -0.25) is 9.59 Å². The summed E-state index contributed by atoms with van der Waals surface area (Å²) in [4.78, 5) is 24.5. The number of rotatable bonds is 10. The van der Waals surface area contributed by atoms with Crippen LogP contribution in [0.15, 0.2) is 30.3 Å². The fraction of sp³-hybridized carbons (Fsp3) is 0.417. The molecule has 3 rings (SSSR count). The summed E-state index contributed by atoms with van der Waals surface area (Å²) in [7, 11) is 0. The zero-order valence-corrected chi connectivity index (χ0v) is 17.1. The highest BCUT2D eigenvalue weighted by Crippen LogP contribution is 2.36. The fourth-order valence-electron chi connectivity index (χ4n) is 3.67. The Balaban J connectivity index is 1.79. The average molecular weight is 396 g/mol. The van der Waals surface area contributed by atoms with Crippen molar-refractivity contribution < 1.29 is 24.2 Å². The molecule has 0 amide bonds. The fourth-order valence-corrected chi connectivity index (χ4v) is 3.67. The molecule has 0 saturated heterocycles. The smallest absolute Gasteiger partial charge is 0.307 e. The lowest BCUT2D eigenvalue weighted by Gasteiger charge is -2.15. The number of carboxylic acid groups (broad SMARTS) is 1. The van der Waals surface area contributed by atoms with Crippen LogP contribution in [0.2, 0.25) is 0 Å². The monoisotopic (exact) mass is 396 g/mol. The first-order valence-corrected chi connectivity index (χ1v) is 10.3. The summed E-state index contributed by atoms with van der Waals surface area (Å²) in [5.74, 6) is 0.280. The number of ether oxygens (including phenoxy) is 2. The highest BCUT2D eigenvalue weighted by atomic mass is 16.5. The van der Waals surface area contributed by atoms with E-state index in [0.29, 0.717) is 47.6 Å². The first kappa shape index (κ1) is 20.9. The molecular weight excluding hydrogens is 368 g/mol. The van der Waals surface area contributed by atoms with Crippen LogP contribution in [0.1, 0.15) is 65.2 Å². The van der Waals surface area contributed by atoms with Gasteiger partial charge in [0.2, 0.25) is 0 Å². The maximum absolute atomic E-state index is 13.2. The van der Waals surface area contributed by atoms with Gasteiger partial charge in [-0.25, -0.2) is 0 Å². The van der Waals surface area contributed by atoms with Crippen LogP contribution < -0.4 is 9.47 Å². The zero-order chi connectivity index (χ0) is 20.8. The predicted octanol–water partition coefficient (Wildman–Crippen LogP) is 4.75. The van der Waals surface area contributed by atoms with Crippen molar-refractivity contribution in [2.24, 2.45) is 0 Å². The Morgan fingerprint density at radius 2 is 1.90 bits per heavy atom. The van der Waals surface area contributed by atoms with Crippen LogP contribution in [0.3, 0.4) is 0 Å². The number of carbonyl (C=O) groups excluding carboxylic acids is 1. The van der Waals surface area contributed by atoms with Crippen molar-refractivity contribution in [3.8, 4) is 11.5 Å². The molecule has 2 aromatic carbocycles. The molecule has 0 fully saturated rings. The van der Waals surface area contributed by atoms with Crippen LogP contribution >= 0.6 is 0 Å². The van der Waals surface area contributed by atoms with Crippen molar-refractivity contribution in [2.75, 3.05) is 13.2 Å². The van der Waals surface area contributed by atoms with Crippen molar-refractivity contribution >= 4 is 11.8 Å². The number of carboxylic acids is 1. The molecule has 29 heavy (non-hydrogen) atoms. The molecule has 0 spiro atoms. The third-order valence-electron chi connectivity index (χ3n) is 5.29. The highest BCUT2D eigenvalue weighted by Gasteiger charge is 2.26. The minimum Gasteiger partial charge on any atom is -0.494 e. The van der Waals surface area contributed by atoms with Gasteiger partial charge in [-0.15, -0.1) is 0 Å². The third-order valence-corrected chi connectivity index (χ3v) is 5.29. The lowest BCUT2D eigenvalue weighted by Crippen LogP contribution is -2.11. The van der Waals surface area contributed by atoms with Crippen molar-refractivity contribution in [1.29, 1.82) is 0 Å². The van der Waals surface area contributed by atoms with Gasteiger partial charge in [0, 0.05) is 12.0 Å². The molecule has 0 radical (unpaired) electrons. The van der Waals surface area contributed by atoms with Gasteiger partial charge in [-0.05, 0) is 54.3 Å². The molecule has 0 saturated carbocycles. The normalized spacial score (nSPS) is 12.3. The minimum absolute atomic E-state index is 0.107. The summed E-state index contributed by atoms with van der Waals surface area (Å²) in [6.45, 7) is 5.15. The van der Waals surface area contributed by atoms with E-state index in [1.807, 2.05) is 18.2 Å². The molecule has 5 nitrogen and oxygen atoms in total. The number of carbonyl (C=O) groups is 2. The molecule has 5 heteroatoms. The number of hydrogen-bond donors (Lipinski definition) is 1. The Labute approximate surface area is 171 Å². The summed E-state index contributed by atoms with van der Waals surface area (Å²) >= 11 is 0. The van der Waals surface area contributed by atoms with Crippen LogP contribution in [0.5, 0.6) is 11.5 Å². The molecule has 2 aromatic rings. The molecule has 154 valence electrons. The maximum Gasteiger partial charge on any atom is 0.307 e. The van der Waals surface area contributed by atoms with E-state index < -0.39 is 5.97 Å². The molecule has 1 heterocycles. The first-order valence-electron chi connectivity index (χ1n) is 10.3. The Morgan fingerprint density at radius 1 is 1.14 bits per heavy atom. The number of unbranched alkanes of at least 4 members (excludes halogenated alkanes) is 3. The van der Waals surface area contributed by atoms with E-state index >= 15 is 0 Å². The highest BCUT2D eigenvalue weighted by molar-refractivity contribution is 6.12. The summed E-state index contributed by atoms with van der Waals surface area (Å²) < 4.78 is 11.5. The molecule has 0 bridgehead atoms. The number of benzene rings is 2. The minimum atomic E-state index is -0.911. The van der Waals surface area contributed by atoms with Crippen LogP contribution in [0, 0.1) is 6.92 Å². The second-order valence-corrected chi connectivity index (χ2v) is 7.46. The summed E-state index contributed by atoms with van der Waals surface area (Å²) in [6.07, 6.45) is 5.16. The van der Waals surface area contributed by atoms with Crippen molar-refractivity contribution in [3.05, 3.63) is 58.1 Å². The summed E-state index contributed by atoms with van der Waals surface area (Å²) in [5, 5.41) is 9.21. The molecule has 0 aromatic heterocycles. The molecule has 1 aliphatic heterocycles. The topological polar surface area (TPSA) is 72.8 Å². The van der Waals surface area contributed by atoms with Crippen LogP contribution in [0.4, 0.5) is 0 Å². The standard InChI is InChI=1S/C24H28O5/c1-3-4-5-6-12-28-20-9-7-17(8-10-20)23(27)22-16(2)19(15-21(25)26)14-18-11-13-29-24(18)22/h7-10,14H,3-6,11-13,15H2,1-2H3,(H,25,26). The third kappa shape index (κ3) is 4.97. The summed E-state index contributed by atoms with van der Waals surface area (Å²) in [6, 6.07) is 9.00. The first-order chi connectivity index (χ1) is 14.0. The number of fused-ring (bicyclic) bond motifs is 1. The van der Waals surface area contributed by atoms with Crippen molar-refractivity contribution in [1.82, 2.24) is 0 Å². The lowest BCUT2D eigenvalue weighted by molar-refractivity contribution is -0.136. The van der Waals surface area contributed by atoms with Crippen molar-refractivity contribution in [3.63, 3.8) is 0 Å². The van der Waals surface area contributed by atoms with Gasteiger partial charge in [0.15, 0.2) is 5.78 Å². The van der Waals surface area contributed by atoms with Gasteiger partial charge < -0.3 is 14.6 Å².